The summed E-state index contributed by atoms with van der Waals surface area (Å²) in [6.45, 7) is 5.42. The monoisotopic (exact) mass is 300 g/mol. The Balaban J connectivity index is 2.21. The third-order valence-corrected chi connectivity index (χ3v) is 2.43. The second kappa shape index (κ2) is 7.21. The maximum Gasteiger partial charge on any atom is 0.221 e. The molecule has 0 saturated carbocycles. The molecule has 94 valence electrons. The number of rotatable bonds is 6. The average Bonchev–Trinajstić information content (AvgIpc) is 2.26. The molecule has 1 rings (SSSR count). The van der Waals surface area contributed by atoms with E-state index in [-0.39, 0.29) is 5.91 Å². The van der Waals surface area contributed by atoms with E-state index >= 15 is 0 Å². The van der Waals surface area contributed by atoms with Crippen molar-refractivity contribution in [2.75, 3.05) is 18.4 Å². The summed E-state index contributed by atoms with van der Waals surface area (Å²) >= 11 is 3.25. The van der Waals surface area contributed by atoms with Crippen LogP contribution in [-0.4, -0.2) is 29.0 Å². The van der Waals surface area contributed by atoms with Crippen LogP contribution in [0.3, 0.4) is 0 Å². The van der Waals surface area contributed by atoms with Gasteiger partial charge in [0.05, 0.1) is 0 Å². The predicted molar refractivity (Wildman–Crippen MR) is 70.7 cm³/mol. The predicted octanol–water partition coefficient (Wildman–Crippen LogP) is 1.81. The number of halogens is 1. The van der Waals surface area contributed by atoms with Crippen LogP contribution in [0.1, 0.15) is 20.3 Å². The first-order chi connectivity index (χ1) is 8.08. The summed E-state index contributed by atoms with van der Waals surface area (Å²) in [6.07, 6.45) is 1.90. The lowest BCUT2D eigenvalue weighted by Crippen LogP contribution is -2.28. The smallest absolute Gasteiger partial charge is 0.221 e. The van der Waals surface area contributed by atoms with E-state index in [0.29, 0.717) is 24.7 Å². The minimum atomic E-state index is 0.0549. The second-order valence-corrected chi connectivity index (χ2v) is 4.91. The van der Waals surface area contributed by atoms with Crippen LogP contribution in [0.5, 0.6) is 0 Å². The minimum absolute atomic E-state index is 0.0549. The zero-order chi connectivity index (χ0) is 12.7. The Morgan fingerprint density at radius 2 is 2.24 bits per heavy atom. The summed E-state index contributed by atoms with van der Waals surface area (Å²) in [5.74, 6) is 1.24. The molecule has 0 radical (unpaired) electrons. The SMILES string of the molecule is CC(C)CNC(=O)CCNc1cc(Br)ncn1. The molecule has 6 heteroatoms. The van der Waals surface area contributed by atoms with E-state index in [1.54, 1.807) is 6.07 Å². The van der Waals surface area contributed by atoms with Crippen molar-refractivity contribution in [3.63, 3.8) is 0 Å². The Morgan fingerprint density at radius 3 is 2.88 bits per heavy atom. The molecule has 1 amide bonds. The average molecular weight is 301 g/mol. The van der Waals surface area contributed by atoms with Gasteiger partial charge in [0, 0.05) is 25.6 Å². The van der Waals surface area contributed by atoms with Gasteiger partial charge in [0.2, 0.25) is 5.91 Å². The fourth-order valence-electron chi connectivity index (χ4n) is 1.14. The van der Waals surface area contributed by atoms with E-state index in [0.717, 1.165) is 11.1 Å². The van der Waals surface area contributed by atoms with Crippen molar-refractivity contribution in [2.45, 2.75) is 20.3 Å². The van der Waals surface area contributed by atoms with Gasteiger partial charge in [-0.1, -0.05) is 13.8 Å². The minimum Gasteiger partial charge on any atom is -0.369 e. The maximum atomic E-state index is 11.4. The third kappa shape index (κ3) is 6.21. The molecule has 0 aliphatic carbocycles. The molecule has 0 saturated heterocycles. The van der Waals surface area contributed by atoms with Gasteiger partial charge in [-0.25, -0.2) is 9.97 Å². The number of aromatic nitrogens is 2. The number of hydrogen-bond donors (Lipinski definition) is 2. The van der Waals surface area contributed by atoms with Crippen LogP contribution in [0.25, 0.3) is 0 Å². The van der Waals surface area contributed by atoms with Crippen molar-refractivity contribution in [1.29, 1.82) is 0 Å². The summed E-state index contributed by atoms with van der Waals surface area (Å²) in [7, 11) is 0. The standard InChI is InChI=1S/C11H17BrN4O/c1-8(2)6-14-11(17)3-4-13-10-5-9(12)15-7-16-10/h5,7-8H,3-4,6H2,1-2H3,(H,14,17)(H,13,15,16). The lowest BCUT2D eigenvalue weighted by atomic mass is 10.2. The van der Waals surface area contributed by atoms with E-state index in [2.05, 4.69) is 50.4 Å². The lowest BCUT2D eigenvalue weighted by molar-refractivity contribution is -0.120. The lowest BCUT2D eigenvalue weighted by Gasteiger charge is -2.08. The largest absolute Gasteiger partial charge is 0.369 e. The highest BCUT2D eigenvalue weighted by Gasteiger charge is 2.02. The molecule has 17 heavy (non-hydrogen) atoms. The fraction of sp³-hybridized carbons (Fsp3) is 0.545. The maximum absolute atomic E-state index is 11.4. The van der Waals surface area contributed by atoms with E-state index < -0.39 is 0 Å². The molecular formula is C11H17BrN4O. The molecule has 1 aromatic heterocycles. The van der Waals surface area contributed by atoms with Gasteiger partial charge in [0.1, 0.15) is 16.7 Å². The highest BCUT2D eigenvalue weighted by molar-refractivity contribution is 9.10. The Kier molecular flexibility index (Phi) is 5.90. The second-order valence-electron chi connectivity index (χ2n) is 4.10. The van der Waals surface area contributed by atoms with Crippen LogP contribution < -0.4 is 10.6 Å². The molecule has 0 aliphatic rings. The quantitative estimate of drug-likeness (QED) is 0.787. The Labute approximate surface area is 110 Å². The Morgan fingerprint density at radius 1 is 1.47 bits per heavy atom. The molecule has 0 atom stereocenters. The molecule has 0 fully saturated rings. The summed E-state index contributed by atoms with van der Waals surface area (Å²) < 4.78 is 0.722. The third-order valence-electron chi connectivity index (χ3n) is 2.00. The summed E-state index contributed by atoms with van der Waals surface area (Å²) in [5.41, 5.74) is 0. The fourth-order valence-corrected chi connectivity index (χ4v) is 1.45. The van der Waals surface area contributed by atoms with Crippen molar-refractivity contribution in [2.24, 2.45) is 5.92 Å². The van der Waals surface area contributed by atoms with Crippen molar-refractivity contribution < 1.29 is 4.79 Å². The molecule has 0 aliphatic heterocycles. The van der Waals surface area contributed by atoms with Crippen molar-refractivity contribution in [3.8, 4) is 0 Å². The van der Waals surface area contributed by atoms with Crippen LogP contribution in [0.4, 0.5) is 5.82 Å². The van der Waals surface area contributed by atoms with Crippen LogP contribution in [0.2, 0.25) is 0 Å². The molecule has 1 heterocycles. The van der Waals surface area contributed by atoms with Crippen LogP contribution >= 0.6 is 15.9 Å². The van der Waals surface area contributed by atoms with E-state index in [1.165, 1.54) is 6.33 Å². The number of nitrogens with one attached hydrogen (secondary N) is 2. The highest BCUT2D eigenvalue weighted by Crippen LogP contribution is 2.08. The number of hydrogen-bond acceptors (Lipinski definition) is 4. The number of anilines is 1. The van der Waals surface area contributed by atoms with Gasteiger partial charge < -0.3 is 10.6 Å². The molecule has 1 aromatic rings. The molecule has 0 spiro atoms. The zero-order valence-corrected chi connectivity index (χ0v) is 11.6. The van der Waals surface area contributed by atoms with Gasteiger partial charge in [0.15, 0.2) is 0 Å². The van der Waals surface area contributed by atoms with E-state index in [1.807, 2.05) is 0 Å². The number of amides is 1. The first-order valence-corrected chi connectivity index (χ1v) is 6.35. The number of carbonyl (C=O) groups excluding carboxylic acids is 1. The van der Waals surface area contributed by atoms with Crippen molar-refractivity contribution >= 4 is 27.7 Å². The van der Waals surface area contributed by atoms with Gasteiger partial charge in [-0.2, -0.15) is 0 Å². The van der Waals surface area contributed by atoms with Gasteiger partial charge in [-0.3, -0.25) is 4.79 Å². The molecule has 0 bridgehead atoms. The molecule has 5 nitrogen and oxygen atoms in total. The first kappa shape index (κ1) is 13.9. The van der Waals surface area contributed by atoms with Gasteiger partial charge in [-0.15, -0.1) is 0 Å². The number of carbonyl (C=O) groups is 1. The number of nitrogens with zero attached hydrogens (tertiary/aromatic N) is 2. The van der Waals surface area contributed by atoms with Gasteiger partial charge >= 0.3 is 0 Å². The highest BCUT2D eigenvalue weighted by atomic mass is 79.9. The van der Waals surface area contributed by atoms with E-state index in [4.69, 9.17) is 0 Å². The normalized spacial score (nSPS) is 10.4. The Bertz CT molecular complexity index is 370. The Hall–Kier alpha value is -1.17. The first-order valence-electron chi connectivity index (χ1n) is 5.56. The van der Waals surface area contributed by atoms with Crippen LogP contribution in [0.15, 0.2) is 17.0 Å². The van der Waals surface area contributed by atoms with Crippen LogP contribution in [0, 0.1) is 5.92 Å². The molecule has 2 N–H and O–H groups in total. The zero-order valence-electron chi connectivity index (χ0n) is 10.0. The van der Waals surface area contributed by atoms with Gasteiger partial charge in [0.25, 0.3) is 0 Å². The van der Waals surface area contributed by atoms with Crippen molar-refractivity contribution in [1.82, 2.24) is 15.3 Å². The van der Waals surface area contributed by atoms with Crippen molar-refractivity contribution in [3.05, 3.63) is 17.0 Å². The molecule has 0 aromatic carbocycles. The van der Waals surface area contributed by atoms with E-state index in [9.17, 15) is 4.79 Å². The summed E-state index contributed by atoms with van der Waals surface area (Å²) in [4.78, 5) is 19.4. The molecular weight excluding hydrogens is 284 g/mol. The van der Waals surface area contributed by atoms with Crippen LogP contribution in [-0.2, 0) is 4.79 Å². The van der Waals surface area contributed by atoms with Gasteiger partial charge in [-0.05, 0) is 21.8 Å². The topological polar surface area (TPSA) is 66.9 Å². The summed E-state index contributed by atoms with van der Waals surface area (Å²) in [6, 6.07) is 1.77. The summed E-state index contributed by atoms with van der Waals surface area (Å²) in [5, 5.41) is 5.92. The molecule has 0 unspecified atom stereocenters.